The Morgan fingerprint density at radius 2 is 1.52 bits per heavy atom. The van der Waals surface area contributed by atoms with Crippen LogP contribution in [0.1, 0.15) is 39.1 Å². The average molecular weight is 384 g/mol. The van der Waals surface area contributed by atoms with E-state index < -0.39 is 5.97 Å². The molecule has 1 unspecified atom stereocenters. The number of rotatable bonds is 6. The fourth-order valence-electron chi connectivity index (χ4n) is 3.59. The number of carbonyl (C=O) groups excluding carboxylic acids is 1. The van der Waals surface area contributed by atoms with Crippen LogP contribution in [-0.4, -0.2) is 28.6 Å². The molecule has 3 aromatic carbocycles. The van der Waals surface area contributed by atoms with Gasteiger partial charge in [-0.2, -0.15) is 5.10 Å². The number of anilines is 1. The summed E-state index contributed by atoms with van der Waals surface area (Å²) < 4.78 is 0. The quantitative estimate of drug-likeness (QED) is 0.629. The van der Waals surface area contributed by atoms with E-state index in [1.54, 1.807) is 41.4 Å². The van der Waals surface area contributed by atoms with Gasteiger partial charge in [0.05, 0.1) is 23.0 Å². The molecule has 3 aromatic rings. The number of ketones is 1. The van der Waals surface area contributed by atoms with Crippen LogP contribution in [0.25, 0.3) is 0 Å². The molecule has 0 fully saturated rings. The lowest BCUT2D eigenvalue weighted by molar-refractivity contribution is 0.0697. The molecule has 1 heterocycles. The van der Waals surface area contributed by atoms with Gasteiger partial charge < -0.3 is 5.11 Å². The molecule has 0 spiro atoms. The first-order valence-corrected chi connectivity index (χ1v) is 9.46. The maximum absolute atomic E-state index is 12.8. The number of hydrogen-bond donors (Lipinski definition) is 1. The van der Waals surface area contributed by atoms with Crippen LogP contribution in [0.5, 0.6) is 0 Å². The van der Waals surface area contributed by atoms with Crippen molar-refractivity contribution in [3.8, 4) is 0 Å². The van der Waals surface area contributed by atoms with Gasteiger partial charge in [-0.3, -0.25) is 9.80 Å². The third-order valence-corrected chi connectivity index (χ3v) is 5.01. The first-order chi connectivity index (χ1) is 14.1. The van der Waals surface area contributed by atoms with E-state index in [9.17, 15) is 14.7 Å². The Bertz CT molecular complexity index is 1060. The molecule has 0 saturated heterocycles. The standard InChI is InChI=1S/C24H20N2O3/c27-23(18-11-5-2-6-12-18)16-19-15-21(17-9-3-1-4-10-17)25-26(19)22-14-8-7-13-20(22)24(28)29/h1-14,19H,15-16H2,(H,28,29). The fourth-order valence-corrected chi connectivity index (χ4v) is 3.59. The molecule has 1 aliphatic rings. The van der Waals surface area contributed by atoms with E-state index in [0.717, 1.165) is 11.3 Å². The van der Waals surface area contributed by atoms with Gasteiger partial charge in [-0.05, 0) is 17.7 Å². The predicted octanol–water partition coefficient (Wildman–Crippen LogP) is 4.64. The van der Waals surface area contributed by atoms with Crippen molar-refractivity contribution in [2.24, 2.45) is 5.10 Å². The average Bonchev–Trinajstić information content (AvgIpc) is 3.18. The second-order valence-electron chi connectivity index (χ2n) is 6.93. The van der Waals surface area contributed by atoms with Gasteiger partial charge in [-0.25, -0.2) is 4.79 Å². The van der Waals surface area contributed by atoms with E-state index in [4.69, 9.17) is 5.10 Å². The van der Waals surface area contributed by atoms with Gasteiger partial charge in [0.1, 0.15) is 0 Å². The molecule has 0 bridgehead atoms. The summed E-state index contributed by atoms with van der Waals surface area (Å²) in [5.41, 5.74) is 3.13. The molecule has 5 heteroatoms. The Kier molecular flexibility index (Phi) is 5.20. The van der Waals surface area contributed by atoms with E-state index >= 15 is 0 Å². The number of nitrogens with zero attached hydrogens (tertiary/aromatic N) is 2. The summed E-state index contributed by atoms with van der Waals surface area (Å²) in [5.74, 6) is -1.00. The maximum atomic E-state index is 12.8. The lowest BCUT2D eigenvalue weighted by Crippen LogP contribution is -2.30. The molecule has 144 valence electrons. The summed E-state index contributed by atoms with van der Waals surface area (Å²) in [6.45, 7) is 0. The summed E-state index contributed by atoms with van der Waals surface area (Å²) in [5, 5.41) is 16.0. The summed E-state index contributed by atoms with van der Waals surface area (Å²) in [6.07, 6.45) is 0.814. The highest BCUT2D eigenvalue weighted by Gasteiger charge is 2.32. The zero-order chi connectivity index (χ0) is 20.2. The summed E-state index contributed by atoms with van der Waals surface area (Å²) in [6, 6.07) is 25.4. The minimum Gasteiger partial charge on any atom is -0.478 e. The zero-order valence-electron chi connectivity index (χ0n) is 15.7. The Morgan fingerprint density at radius 3 is 2.21 bits per heavy atom. The molecule has 0 amide bonds. The largest absolute Gasteiger partial charge is 0.478 e. The predicted molar refractivity (Wildman–Crippen MR) is 113 cm³/mol. The second-order valence-corrected chi connectivity index (χ2v) is 6.93. The summed E-state index contributed by atoms with van der Waals surface area (Å²) in [4.78, 5) is 24.6. The first-order valence-electron chi connectivity index (χ1n) is 9.46. The van der Waals surface area contributed by atoms with Crippen molar-refractivity contribution >= 4 is 23.2 Å². The monoisotopic (exact) mass is 384 g/mol. The molecule has 0 radical (unpaired) electrons. The highest BCUT2D eigenvalue weighted by atomic mass is 16.4. The molecule has 1 atom stereocenters. The lowest BCUT2D eigenvalue weighted by Gasteiger charge is -2.24. The van der Waals surface area contributed by atoms with Crippen molar-refractivity contribution in [1.82, 2.24) is 0 Å². The minimum absolute atomic E-state index is 0.0120. The molecule has 29 heavy (non-hydrogen) atoms. The summed E-state index contributed by atoms with van der Waals surface area (Å²) in [7, 11) is 0. The van der Waals surface area contributed by atoms with Crippen molar-refractivity contribution < 1.29 is 14.7 Å². The van der Waals surface area contributed by atoms with Crippen molar-refractivity contribution in [2.75, 3.05) is 5.01 Å². The lowest BCUT2D eigenvalue weighted by atomic mass is 9.97. The highest BCUT2D eigenvalue weighted by Crippen LogP contribution is 2.31. The van der Waals surface area contributed by atoms with Gasteiger partial charge in [0.2, 0.25) is 0 Å². The number of Topliss-reactive ketones (excluding diaryl/α,β-unsaturated/α-hetero) is 1. The van der Waals surface area contributed by atoms with E-state index in [0.29, 0.717) is 17.7 Å². The van der Waals surface area contributed by atoms with Gasteiger partial charge in [0.15, 0.2) is 5.78 Å². The van der Waals surface area contributed by atoms with E-state index in [1.807, 2.05) is 48.5 Å². The van der Waals surface area contributed by atoms with Gasteiger partial charge in [-0.1, -0.05) is 72.8 Å². The van der Waals surface area contributed by atoms with Crippen molar-refractivity contribution in [3.63, 3.8) is 0 Å². The molecule has 5 nitrogen and oxygen atoms in total. The Balaban J connectivity index is 1.70. The van der Waals surface area contributed by atoms with Gasteiger partial charge >= 0.3 is 5.97 Å². The fraction of sp³-hybridized carbons (Fsp3) is 0.125. The number of para-hydroxylation sites is 1. The third kappa shape index (κ3) is 3.94. The van der Waals surface area contributed by atoms with Crippen LogP contribution < -0.4 is 5.01 Å². The topological polar surface area (TPSA) is 70.0 Å². The number of hydrogen-bond acceptors (Lipinski definition) is 4. The maximum Gasteiger partial charge on any atom is 0.337 e. The Hall–Kier alpha value is -3.73. The van der Waals surface area contributed by atoms with Crippen LogP contribution >= 0.6 is 0 Å². The van der Waals surface area contributed by atoms with Crippen LogP contribution in [0.2, 0.25) is 0 Å². The smallest absolute Gasteiger partial charge is 0.337 e. The van der Waals surface area contributed by atoms with E-state index in [-0.39, 0.29) is 23.8 Å². The highest BCUT2D eigenvalue weighted by molar-refractivity contribution is 6.05. The molecule has 0 aliphatic carbocycles. The molecule has 4 rings (SSSR count). The second kappa shape index (κ2) is 8.10. The minimum atomic E-state index is -1.02. The van der Waals surface area contributed by atoms with Crippen LogP contribution in [0.3, 0.4) is 0 Å². The van der Waals surface area contributed by atoms with Crippen molar-refractivity contribution in [1.29, 1.82) is 0 Å². The number of carbonyl (C=O) groups is 2. The molecule has 0 saturated carbocycles. The van der Waals surface area contributed by atoms with Crippen LogP contribution in [0, 0.1) is 0 Å². The third-order valence-electron chi connectivity index (χ3n) is 5.01. The van der Waals surface area contributed by atoms with Crippen LogP contribution in [0.15, 0.2) is 90.0 Å². The molecule has 0 aromatic heterocycles. The number of aromatic carboxylic acids is 1. The van der Waals surface area contributed by atoms with Gasteiger partial charge in [0.25, 0.3) is 0 Å². The van der Waals surface area contributed by atoms with E-state index in [1.165, 1.54) is 0 Å². The van der Waals surface area contributed by atoms with Crippen LogP contribution in [-0.2, 0) is 0 Å². The molecular formula is C24H20N2O3. The molecular weight excluding hydrogens is 364 g/mol. The number of carboxylic acids is 1. The number of hydrazone groups is 1. The Labute approximate surface area is 168 Å². The normalized spacial score (nSPS) is 15.8. The SMILES string of the molecule is O=C(CC1CC(c2ccccc2)=NN1c1ccccc1C(=O)O)c1ccccc1. The Morgan fingerprint density at radius 1 is 0.897 bits per heavy atom. The summed E-state index contributed by atoms with van der Waals surface area (Å²) >= 11 is 0. The van der Waals surface area contributed by atoms with Crippen molar-refractivity contribution in [3.05, 3.63) is 102 Å². The van der Waals surface area contributed by atoms with Crippen molar-refractivity contribution in [2.45, 2.75) is 18.9 Å². The number of benzene rings is 3. The molecule has 1 aliphatic heterocycles. The van der Waals surface area contributed by atoms with E-state index in [2.05, 4.69) is 0 Å². The van der Waals surface area contributed by atoms with Crippen LogP contribution in [0.4, 0.5) is 5.69 Å². The van der Waals surface area contributed by atoms with Gasteiger partial charge in [0, 0.05) is 18.4 Å². The van der Waals surface area contributed by atoms with Gasteiger partial charge in [-0.15, -0.1) is 0 Å². The molecule has 1 N–H and O–H groups in total. The number of carboxylic acid groups (broad SMARTS) is 1. The zero-order valence-corrected chi connectivity index (χ0v) is 15.7. The first kappa shape index (κ1) is 18.6.